The van der Waals surface area contributed by atoms with Gasteiger partial charge in [0.15, 0.2) is 0 Å². The summed E-state index contributed by atoms with van der Waals surface area (Å²) in [6.45, 7) is 0. The minimum absolute atomic E-state index is 0.232. The third kappa shape index (κ3) is 2.09. The summed E-state index contributed by atoms with van der Waals surface area (Å²) in [5.74, 6) is 0.495. The summed E-state index contributed by atoms with van der Waals surface area (Å²) < 4.78 is 0. The minimum Gasteiger partial charge on any atom is -0.508 e. The van der Waals surface area contributed by atoms with Gasteiger partial charge in [-0.15, -0.1) is 0 Å². The highest BCUT2D eigenvalue weighted by Gasteiger charge is 2.12. The second-order valence-corrected chi connectivity index (χ2v) is 6.17. The molecule has 0 saturated carbocycles. The smallest absolute Gasteiger partial charge is 0.130 e. The molecule has 1 heterocycles. The van der Waals surface area contributed by atoms with Crippen molar-refractivity contribution in [1.82, 2.24) is 4.98 Å². The van der Waals surface area contributed by atoms with E-state index in [0.717, 1.165) is 31.5 Å². The molecule has 0 amide bonds. The second-order valence-electron chi connectivity index (χ2n) is 5.12. The molecule has 3 aromatic carbocycles. The van der Waals surface area contributed by atoms with Gasteiger partial charge in [0.05, 0.1) is 4.90 Å². The summed E-state index contributed by atoms with van der Waals surface area (Å²) in [4.78, 5) is 4.98. The first kappa shape index (κ1) is 13.1. The van der Waals surface area contributed by atoms with Gasteiger partial charge >= 0.3 is 0 Å². The summed E-state index contributed by atoms with van der Waals surface area (Å²) in [5.41, 5.74) is 0.958. The lowest BCUT2D eigenvalue weighted by Crippen LogP contribution is -1.79. The van der Waals surface area contributed by atoms with Gasteiger partial charge in [0.25, 0.3) is 0 Å². The molecule has 0 atom stereocenters. The van der Waals surface area contributed by atoms with Crippen LogP contribution in [0.15, 0.2) is 70.6 Å². The van der Waals surface area contributed by atoms with E-state index in [9.17, 15) is 10.2 Å². The van der Waals surface area contributed by atoms with Crippen LogP contribution in [0.3, 0.4) is 0 Å². The van der Waals surface area contributed by atoms with Crippen molar-refractivity contribution in [1.29, 1.82) is 0 Å². The maximum Gasteiger partial charge on any atom is 0.130 e. The van der Waals surface area contributed by atoms with E-state index in [0.29, 0.717) is 0 Å². The standard InChI is InChI=1S/C18H13NO2S/c20-12-6-7-15-14(9-12)17(10-19-15)22-18-13-4-2-1-3-11(13)5-8-16(18)21/h1-10,19-21H. The Balaban J connectivity index is 1.89. The number of aromatic hydroxyl groups is 2. The lowest BCUT2D eigenvalue weighted by molar-refractivity contribution is 0.464. The van der Waals surface area contributed by atoms with Crippen molar-refractivity contribution in [3.8, 4) is 11.5 Å². The highest BCUT2D eigenvalue weighted by atomic mass is 32.2. The van der Waals surface area contributed by atoms with Crippen LogP contribution in [0.25, 0.3) is 21.7 Å². The van der Waals surface area contributed by atoms with E-state index in [1.807, 2.05) is 42.6 Å². The van der Waals surface area contributed by atoms with E-state index in [-0.39, 0.29) is 11.5 Å². The Labute approximate surface area is 131 Å². The number of H-pyrrole nitrogens is 1. The molecule has 0 bridgehead atoms. The van der Waals surface area contributed by atoms with E-state index in [1.54, 1.807) is 18.2 Å². The molecule has 0 aliphatic rings. The zero-order valence-electron chi connectivity index (χ0n) is 11.6. The minimum atomic E-state index is 0.232. The van der Waals surface area contributed by atoms with Crippen molar-refractivity contribution in [2.75, 3.05) is 0 Å². The number of aromatic nitrogens is 1. The molecule has 0 fully saturated rings. The van der Waals surface area contributed by atoms with Crippen LogP contribution in [0.4, 0.5) is 0 Å². The van der Waals surface area contributed by atoms with Crippen LogP contribution in [0, 0.1) is 0 Å². The van der Waals surface area contributed by atoms with Crippen molar-refractivity contribution >= 4 is 33.4 Å². The third-order valence-electron chi connectivity index (χ3n) is 3.70. The van der Waals surface area contributed by atoms with Gasteiger partial charge in [0, 0.05) is 22.0 Å². The first-order chi connectivity index (χ1) is 10.7. The van der Waals surface area contributed by atoms with Gasteiger partial charge in [-0.1, -0.05) is 42.1 Å². The van der Waals surface area contributed by atoms with Crippen molar-refractivity contribution in [2.45, 2.75) is 9.79 Å². The highest BCUT2D eigenvalue weighted by molar-refractivity contribution is 8.00. The number of hydrogen-bond donors (Lipinski definition) is 3. The molecule has 0 spiro atoms. The van der Waals surface area contributed by atoms with Gasteiger partial charge in [0.1, 0.15) is 11.5 Å². The van der Waals surface area contributed by atoms with Crippen LogP contribution in [-0.2, 0) is 0 Å². The predicted octanol–water partition coefficient (Wildman–Crippen LogP) is 4.88. The molecule has 4 heteroatoms. The third-order valence-corrected chi connectivity index (χ3v) is 4.89. The number of aromatic amines is 1. The van der Waals surface area contributed by atoms with Crippen LogP contribution in [-0.4, -0.2) is 15.2 Å². The first-order valence-electron chi connectivity index (χ1n) is 6.91. The lowest BCUT2D eigenvalue weighted by atomic mass is 10.1. The average molecular weight is 307 g/mol. The van der Waals surface area contributed by atoms with Crippen molar-refractivity contribution < 1.29 is 10.2 Å². The maximum atomic E-state index is 10.3. The number of hydrogen-bond acceptors (Lipinski definition) is 3. The van der Waals surface area contributed by atoms with E-state index in [1.165, 1.54) is 11.8 Å². The Hall–Kier alpha value is -2.59. The monoisotopic (exact) mass is 307 g/mol. The number of phenols is 2. The fraction of sp³-hybridized carbons (Fsp3) is 0. The maximum absolute atomic E-state index is 10.3. The number of rotatable bonds is 2. The number of nitrogens with one attached hydrogen (secondary N) is 1. The summed E-state index contributed by atoms with van der Waals surface area (Å²) in [6.07, 6.45) is 1.90. The van der Waals surface area contributed by atoms with Crippen molar-refractivity contribution in [2.24, 2.45) is 0 Å². The van der Waals surface area contributed by atoms with E-state index in [2.05, 4.69) is 4.98 Å². The molecule has 4 rings (SSSR count). The van der Waals surface area contributed by atoms with Gasteiger partial charge in [-0.2, -0.15) is 0 Å². The number of phenolic OH excluding ortho intramolecular Hbond substituents is 2. The highest BCUT2D eigenvalue weighted by Crippen LogP contribution is 2.42. The fourth-order valence-corrected chi connectivity index (χ4v) is 3.70. The zero-order chi connectivity index (χ0) is 15.1. The van der Waals surface area contributed by atoms with E-state index >= 15 is 0 Å². The molecule has 0 aliphatic heterocycles. The molecule has 0 unspecified atom stereocenters. The number of fused-ring (bicyclic) bond motifs is 2. The quantitative estimate of drug-likeness (QED) is 0.494. The topological polar surface area (TPSA) is 56.2 Å². The van der Waals surface area contributed by atoms with Crippen LogP contribution < -0.4 is 0 Å². The summed E-state index contributed by atoms with van der Waals surface area (Å²) in [7, 11) is 0. The van der Waals surface area contributed by atoms with Crippen LogP contribution in [0.2, 0.25) is 0 Å². The zero-order valence-corrected chi connectivity index (χ0v) is 12.4. The van der Waals surface area contributed by atoms with Gasteiger partial charge in [-0.25, -0.2) is 0 Å². The molecular weight excluding hydrogens is 294 g/mol. The lowest BCUT2D eigenvalue weighted by Gasteiger charge is -2.08. The molecule has 0 saturated heterocycles. The molecule has 1 aromatic heterocycles. The Morgan fingerprint density at radius 2 is 1.73 bits per heavy atom. The van der Waals surface area contributed by atoms with Crippen LogP contribution in [0.1, 0.15) is 0 Å². The average Bonchev–Trinajstić information content (AvgIpc) is 2.92. The molecular formula is C18H13NO2S. The fourth-order valence-electron chi connectivity index (χ4n) is 2.62. The van der Waals surface area contributed by atoms with E-state index in [4.69, 9.17) is 0 Å². The summed E-state index contributed by atoms with van der Waals surface area (Å²) in [5, 5.41) is 23.0. The normalized spacial score (nSPS) is 11.3. The van der Waals surface area contributed by atoms with Crippen LogP contribution >= 0.6 is 11.8 Å². The van der Waals surface area contributed by atoms with E-state index < -0.39 is 0 Å². The summed E-state index contributed by atoms with van der Waals surface area (Å²) >= 11 is 1.50. The van der Waals surface area contributed by atoms with Gasteiger partial charge < -0.3 is 15.2 Å². The molecule has 3 N–H and O–H groups in total. The Bertz CT molecular complexity index is 991. The second kappa shape index (κ2) is 5.00. The van der Waals surface area contributed by atoms with Gasteiger partial charge in [-0.3, -0.25) is 0 Å². The van der Waals surface area contributed by atoms with Gasteiger partial charge in [-0.05, 0) is 35.0 Å². The Morgan fingerprint density at radius 1 is 0.864 bits per heavy atom. The molecule has 4 aromatic rings. The molecule has 0 aliphatic carbocycles. The van der Waals surface area contributed by atoms with Crippen molar-refractivity contribution in [3.05, 3.63) is 60.8 Å². The Morgan fingerprint density at radius 3 is 2.64 bits per heavy atom. The van der Waals surface area contributed by atoms with Gasteiger partial charge in [0.2, 0.25) is 0 Å². The SMILES string of the molecule is Oc1ccc2[nH]cc(Sc3c(O)ccc4ccccc34)c2c1. The molecule has 108 valence electrons. The predicted molar refractivity (Wildman–Crippen MR) is 89.7 cm³/mol. The first-order valence-corrected chi connectivity index (χ1v) is 7.73. The molecule has 0 radical (unpaired) electrons. The Kier molecular flexibility index (Phi) is 2.98. The number of benzene rings is 3. The summed E-state index contributed by atoms with van der Waals surface area (Å²) in [6, 6.07) is 16.8. The largest absolute Gasteiger partial charge is 0.508 e. The van der Waals surface area contributed by atoms with Crippen molar-refractivity contribution in [3.63, 3.8) is 0 Å². The molecule has 22 heavy (non-hydrogen) atoms. The molecule has 3 nitrogen and oxygen atoms in total. The van der Waals surface area contributed by atoms with Crippen LogP contribution in [0.5, 0.6) is 11.5 Å².